The minimum absolute atomic E-state index is 0.687. The van der Waals surface area contributed by atoms with Gasteiger partial charge in [0.25, 0.3) is 0 Å². The molecule has 1 fully saturated rings. The molecule has 28 heavy (non-hydrogen) atoms. The molecule has 3 aromatic rings. The van der Waals surface area contributed by atoms with Gasteiger partial charge in [0.15, 0.2) is 5.13 Å². The monoisotopic (exact) mass is 397 g/mol. The number of aryl methyl sites for hydroxylation is 1. The first-order valence-corrected chi connectivity index (χ1v) is 10.6. The van der Waals surface area contributed by atoms with Crippen molar-refractivity contribution >= 4 is 22.5 Å². The first kappa shape index (κ1) is 19.0. The summed E-state index contributed by atoms with van der Waals surface area (Å²) in [5.41, 5.74) is 2.03. The Balaban J connectivity index is 1.36. The van der Waals surface area contributed by atoms with Gasteiger partial charge < -0.3 is 14.6 Å². The minimum Gasteiger partial charge on any atom is -0.465 e. The molecule has 0 saturated carbocycles. The Morgan fingerprint density at radius 1 is 1.39 bits per heavy atom. The maximum absolute atomic E-state index is 5.29. The van der Waals surface area contributed by atoms with E-state index in [0.717, 1.165) is 40.2 Å². The van der Waals surface area contributed by atoms with Crippen LogP contribution in [0.4, 0.5) is 5.13 Å². The molecule has 148 valence electrons. The highest BCUT2D eigenvalue weighted by molar-refractivity contribution is 7.19. The van der Waals surface area contributed by atoms with E-state index < -0.39 is 0 Å². The lowest BCUT2D eigenvalue weighted by Gasteiger charge is -2.29. The summed E-state index contributed by atoms with van der Waals surface area (Å²) < 4.78 is 7.38. The van der Waals surface area contributed by atoms with Crippen LogP contribution in [0.25, 0.3) is 16.6 Å². The molecule has 1 aliphatic rings. The van der Waals surface area contributed by atoms with Crippen LogP contribution in [0, 0.1) is 12.8 Å². The maximum Gasteiger partial charge on any atom is 0.183 e. The molecule has 0 aliphatic carbocycles. The molecule has 0 bridgehead atoms. The number of likely N-dealkylation sites (tertiary alicyclic amines) is 1. The highest BCUT2D eigenvalue weighted by Crippen LogP contribution is 2.31. The van der Waals surface area contributed by atoms with Crippen LogP contribution in [-0.4, -0.2) is 46.3 Å². The standard InChI is InChI=1S/C21H27N5OS/c1-16-20(28-21(23-16)22-10-3-7-18-8-5-13-27-18)19-9-12-26(24-19)15-17-6-4-11-25(2)14-17/h3,5,7-9,12-13,17H,4,6,10-11,14-15H2,1-2H3,(H,22,23)/b7-3+. The lowest BCUT2D eigenvalue weighted by atomic mass is 9.99. The Kier molecular flexibility index (Phi) is 5.92. The molecule has 0 radical (unpaired) electrons. The van der Waals surface area contributed by atoms with Gasteiger partial charge in [-0.2, -0.15) is 5.10 Å². The van der Waals surface area contributed by atoms with E-state index in [9.17, 15) is 0 Å². The number of piperidine rings is 1. The lowest BCUT2D eigenvalue weighted by molar-refractivity contribution is 0.191. The summed E-state index contributed by atoms with van der Waals surface area (Å²) >= 11 is 1.66. The Bertz CT molecular complexity index is 911. The van der Waals surface area contributed by atoms with E-state index in [0.29, 0.717) is 12.5 Å². The SMILES string of the molecule is Cc1nc(NC/C=C/c2ccco2)sc1-c1ccn(CC2CCCN(C)C2)n1. The van der Waals surface area contributed by atoms with Gasteiger partial charge in [-0.1, -0.05) is 17.4 Å². The van der Waals surface area contributed by atoms with Crippen molar-refractivity contribution in [3.05, 3.63) is 48.2 Å². The molecule has 1 unspecified atom stereocenters. The summed E-state index contributed by atoms with van der Waals surface area (Å²) in [7, 11) is 2.21. The van der Waals surface area contributed by atoms with Gasteiger partial charge >= 0.3 is 0 Å². The summed E-state index contributed by atoms with van der Waals surface area (Å²) in [5.74, 6) is 1.54. The van der Waals surface area contributed by atoms with Crippen molar-refractivity contribution in [3.63, 3.8) is 0 Å². The molecule has 4 rings (SSSR count). The number of thiazole rings is 1. The molecule has 0 spiro atoms. The summed E-state index contributed by atoms with van der Waals surface area (Å²) in [6.07, 6.45) is 10.3. The minimum atomic E-state index is 0.687. The van der Waals surface area contributed by atoms with Crippen LogP contribution in [0.1, 0.15) is 24.3 Å². The Labute approximate surface area is 169 Å². The van der Waals surface area contributed by atoms with Crippen LogP contribution in [0.5, 0.6) is 0 Å². The number of rotatable bonds is 7. The van der Waals surface area contributed by atoms with Crippen molar-refractivity contribution in [2.75, 3.05) is 32.0 Å². The van der Waals surface area contributed by atoms with Crippen LogP contribution in [0.15, 0.2) is 41.2 Å². The summed E-state index contributed by atoms with van der Waals surface area (Å²) in [5, 5.41) is 9.09. The molecule has 1 aliphatic heterocycles. The topological polar surface area (TPSA) is 59.1 Å². The molecular weight excluding hydrogens is 370 g/mol. The van der Waals surface area contributed by atoms with Crippen molar-refractivity contribution < 1.29 is 4.42 Å². The van der Waals surface area contributed by atoms with E-state index in [1.807, 2.05) is 31.2 Å². The highest BCUT2D eigenvalue weighted by Gasteiger charge is 2.18. The fourth-order valence-corrected chi connectivity index (χ4v) is 4.63. The number of furan rings is 1. The smallest absolute Gasteiger partial charge is 0.183 e. The number of anilines is 1. The quantitative estimate of drug-likeness (QED) is 0.641. The van der Waals surface area contributed by atoms with Crippen LogP contribution in [0.2, 0.25) is 0 Å². The predicted molar refractivity (Wildman–Crippen MR) is 115 cm³/mol. The number of nitrogens with one attached hydrogen (secondary N) is 1. The van der Waals surface area contributed by atoms with E-state index >= 15 is 0 Å². The second-order valence-corrected chi connectivity index (χ2v) is 8.42. The molecule has 1 saturated heterocycles. The second-order valence-electron chi connectivity index (χ2n) is 7.43. The molecule has 6 nitrogen and oxygen atoms in total. The van der Waals surface area contributed by atoms with Crippen LogP contribution in [0.3, 0.4) is 0 Å². The zero-order valence-corrected chi connectivity index (χ0v) is 17.3. The van der Waals surface area contributed by atoms with Gasteiger partial charge in [0.05, 0.1) is 16.8 Å². The summed E-state index contributed by atoms with van der Waals surface area (Å²) in [4.78, 5) is 8.21. The molecule has 1 atom stereocenters. The van der Waals surface area contributed by atoms with Crippen LogP contribution < -0.4 is 5.32 Å². The fraction of sp³-hybridized carbons (Fsp3) is 0.429. The van der Waals surface area contributed by atoms with Gasteiger partial charge in [0, 0.05) is 25.8 Å². The zero-order chi connectivity index (χ0) is 19.3. The Morgan fingerprint density at radius 3 is 3.14 bits per heavy atom. The Morgan fingerprint density at radius 2 is 2.32 bits per heavy atom. The second kappa shape index (κ2) is 8.75. The maximum atomic E-state index is 5.29. The van der Waals surface area contributed by atoms with Gasteiger partial charge in [-0.25, -0.2) is 4.98 Å². The third kappa shape index (κ3) is 4.72. The van der Waals surface area contributed by atoms with Crippen LogP contribution >= 0.6 is 11.3 Å². The molecule has 1 N–H and O–H groups in total. The molecule has 0 amide bonds. The van der Waals surface area contributed by atoms with Crippen molar-refractivity contribution in [3.8, 4) is 10.6 Å². The van der Waals surface area contributed by atoms with Crippen molar-refractivity contribution in [2.24, 2.45) is 5.92 Å². The summed E-state index contributed by atoms with van der Waals surface area (Å²) in [6.45, 7) is 6.12. The fourth-order valence-electron chi connectivity index (χ4n) is 3.69. The molecule has 4 heterocycles. The van der Waals surface area contributed by atoms with Crippen molar-refractivity contribution in [1.82, 2.24) is 19.7 Å². The van der Waals surface area contributed by atoms with Gasteiger partial charge in [-0.3, -0.25) is 4.68 Å². The number of hydrogen-bond acceptors (Lipinski definition) is 6. The normalized spacial score (nSPS) is 18.1. The Hall–Kier alpha value is -2.38. The predicted octanol–water partition coefficient (Wildman–Crippen LogP) is 4.38. The van der Waals surface area contributed by atoms with E-state index in [4.69, 9.17) is 9.52 Å². The largest absolute Gasteiger partial charge is 0.465 e. The average molecular weight is 398 g/mol. The average Bonchev–Trinajstić information content (AvgIpc) is 3.40. The molecule has 7 heteroatoms. The van der Waals surface area contributed by atoms with E-state index in [1.54, 1.807) is 17.6 Å². The van der Waals surface area contributed by atoms with E-state index in [2.05, 4.69) is 39.2 Å². The third-order valence-corrected chi connectivity index (χ3v) is 6.17. The first-order valence-electron chi connectivity index (χ1n) is 9.81. The van der Waals surface area contributed by atoms with Crippen LogP contribution in [-0.2, 0) is 6.54 Å². The van der Waals surface area contributed by atoms with E-state index in [-0.39, 0.29) is 0 Å². The summed E-state index contributed by atoms with van der Waals surface area (Å²) in [6, 6.07) is 5.92. The van der Waals surface area contributed by atoms with Crippen molar-refractivity contribution in [2.45, 2.75) is 26.3 Å². The molecular formula is C21H27N5OS. The number of nitrogens with zero attached hydrogens (tertiary/aromatic N) is 4. The van der Waals surface area contributed by atoms with Gasteiger partial charge in [-0.05, 0) is 63.6 Å². The van der Waals surface area contributed by atoms with Gasteiger partial charge in [0.2, 0.25) is 0 Å². The third-order valence-electron chi connectivity index (χ3n) is 5.03. The number of hydrogen-bond donors (Lipinski definition) is 1. The molecule has 0 aromatic carbocycles. The highest BCUT2D eigenvalue weighted by atomic mass is 32.1. The van der Waals surface area contributed by atoms with E-state index in [1.165, 1.54) is 19.4 Å². The van der Waals surface area contributed by atoms with Gasteiger partial charge in [-0.15, -0.1) is 0 Å². The first-order chi connectivity index (χ1) is 13.7. The zero-order valence-electron chi connectivity index (χ0n) is 16.5. The van der Waals surface area contributed by atoms with Crippen molar-refractivity contribution in [1.29, 1.82) is 0 Å². The number of aromatic nitrogens is 3. The molecule has 3 aromatic heterocycles. The van der Waals surface area contributed by atoms with Gasteiger partial charge in [0.1, 0.15) is 11.5 Å². The lowest BCUT2D eigenvalue weighted by Crippen LogP contribution is -2.34.